The van der Waals surface area contributed by atoms with E-state index in [-0.39, 0.29) is 21.8 Å². The molecule has 2 aromatic rings. The summed E-state index contributed by atoms with van der Waals surface area (Å²) in [6.07, 6.45) is 3.17. The van der Waals surface area contributed by atoms with Crippen LogP contribution in [-0.2, 0) is 14.9 Å². The molecule has 0 unspecified atom stereocenters. The number of carbonyl (C=O) groups excluding carboxylic acids is 1. The fraction of sp³-hybridized carbons (Fsp3) is 0.211. The molecule has 2 aromatic carbocycles. The molecule has 0 saturated carbocycles. The molecule has 1 aliphatic heterocycles. The van der Waals surface area contributed by atoms with Gasteiger partial charge in [0.25, 0.3) is 0 Å². The lowest BCUT2D eigenvalue weighted by Crippen LogP contribution is -2.24. The SMILES string of the molecule is CCC[C@H]1S/C(=N\N=C/c2cccc(OS(=O)(=O)c3ccccc3)c2)NC1=O. The van der Waals surface area contributed by atoms with Crippen molar-refractivity contribution in [3.05, 3.63) is 60.2 Å². The standard InChI is InChI=1S/C19H19N3O4S2/c1-2-7-17-18(23)21-19(27-17)22-20-13-14-8-6-9-15(12-14)26-28(24,25)16-10-4-3-5-11-16/h3-6,8-13,17H,2,7H2,1H3,(H,21,22,23)/b20-13-/t17-/m1/s1. The van der Waals surface area contributed by atoms with Crippen LogP contribution in [-0.4, -0.2) is 31.0 Å². The van der Waals surface area contributed by atoms with Gasteiger partial charge in [0.15, 0.2) is 5.17 Å². The molecule has 1 atom stereocenters. The second-order valence-corrected chi connectivity index (χ2v) is 8.69. The second-order valence-electron chi connectivity index (χ2n) is 5.96. The Labute approximate surface area is 168 Å². The zero-order valence-corrected chi connectivity index (χ0v) is 16.7. The van der Waals surface area contributed by atoms with Crippen LogP contribution in [0.3, 0.4) is 0 Å². The van der Waals surface area contributed by atoms with E-state index in [9.17, 15) is 13.2 Å². The van der Waals surface area contributed by atoms with Gasteiger partial charge in [0.05, 0.1) is 11.5 Å². The predicted octanol–water partition coefficient (Wildman–Crippen LogP) is 3.18. The molecule has 1 heterocycles. The normalized spacial score (nSPS) is 18.5. The Morgan fingerprint density at radius 1 is 1.18 bits per heavy atom. The average Bonchev–Trinajstić information content (AvgIpc) is 3.02. The molecule has 1 saturated heterocycles. The van der Waals surface area contributed by atoms with Gasteiger partial charge in [0, 0.05) is 0 Å². The Morgan fingerprint density at radius 2 is 1.96 bits per heavy atom. The molecule has 0 bridgehead atoms. The zero-order chi connectivity index (χ0) is 20.0. The van der Waals surface area contributed by atoms with Crippen molar-refractivity contribution in [1.29, 1.82) is 0 Å². The average molecular weight is 418 g/mol. The fourth-order valence-corrected chi connectivity index (χ4v) is 4.45. The Morgan fingerprint density at radius 3 is 2.71 bits per heavy atom. The van der Waals surface area contributed by atoms with Crippen LogP contribution in [0.1, 0.15) is 25.3 Å². The van der Waals surface area contributed by atoms with Crippen LogP contribution < -0.4 is 9.50 Å². The highest BCUT2D eigenvalue weighted by atomic mass is 32.2. The summed E-state index contributed by atoms with van der Waals surface area (Å²) in [6, 6.07) is 14.4. The molecule has 0 spiro atoms. The van der Waals surface area contributed by atoms with E-state index in [0.717, 1.165) is 12.8 Å². The third-order valence-electron chi connectivity index (χ3n) is 3.78. The molecule has 7 nitrogen and oxygen atoms in total. The van der Waals surface area contributed by atoms with Crippen LogP contribution in [0.4, 0.5) is 0 Å². The van der Waals surface area contributed by atoms with Crippen LogP contribution in [0.2, 0.25) is 0 Å². The Balaban J connectivity index is 1.68. The summed E-state index contributed by atoms with van der Waals surface area (Å²) in [5.74, 6) is 0.120. The summed E-state index contributed by atoms with van der Waals surface area (Å²) in [5.41, 5.74) is 0.615. The number of amides is 1. The lowest BCUT2D eigenvalue weighted by Gasteiger charge is -2.07. The summed E-state index contributed by atoms with van der Waals surface area (Å²) in [5, 5.41) is 11.0. The molecular formula is C19H19N3O4S2. The number of hydrogen-bond acceptors (Lipinski definition) is 7. The van der Waals surface area contributed by atoms with Gasteiger partial charge in [-0.2, -0.15) is 13.5 Å². The lowest BCUT2D eigenvalue weighted by atomic mass is 10.2. The van der Waals surface area contributed by atoms with Gasteiger partial charge in [0.1, 0.15) is 10.6 Å². The van der Waals surface area contributed by atoms with Gasteiger partial charge in [-0.15, -0.1) is 5.10 Å². The van der Waals surface area contributed by atoms with Crippen LogP contribution >= 0.6 is 11.8 Å². The van der Waals surface area contributed by atoms with E-state index in [0.29, 0.717) is 10.7 Å². The number of hydrogen-bond donors (Lipinski definition) is 1. The first-order valence-corrected chi connectivity index (χ1v) is 10.9. The monoisotopic (exact) mass is 417 g/mol. The smallest absolute Gasteiger partial charge is 0.339 e. The first-order valence-electron chi connectivity index (χ1n) is 8.66. The minimum atomic E-state index is -3.90. The summed E-state index contributed by atoms with van der Waals surface area (Å²) < 4.78 is 29.8. The highest BCUT2D eigenvalue weighted by Crippen LogP contribution is 2.23. The number of nitrogens with zero attached hydrogens (tertiary/aromatic N) is 2. The van der Waals surface area contributed by atoms with Gasteiger partial charge in [-0.25, -0.2) is 0 Å². The minimum Gasteiger partial charge on any atom is -0.379 e. The number of rotatable bonds is 7. The number of carbonyl (C=O) groups is 1. The van der Waals surface area contributed by atoms with Crippen molar-refractivity contribution in [3.63, 3.8) is 0 Å². The maximum atomic E-state index is 12.3. The molecular weight excluding hydrogens is 398 g/mol. The summed E-state index contributed by atoms with van der Waals surface area (Å²) >= 11 is 1.36. The molecule has 1 N–H and O–H groups in total. The summed E-state index contributed by atoms with van der Waals surface area (Å²) in [4.78, 5) is 11.8. The van der Waals surface area contributed by atoms with Gasteiger partial charge in [-0.1, -0.05) is 55.4 Å². The van der Waals surface area contributed by atoms with E-state index in [1.807, 2.05) is 6.92 Å². The number of benzene rings is 2. The Hall–Kier alpha value is -2.65. The van der Waals surface area contributed by atoms with Gasteiger partial charge in [0.2, 0.25) is 5.91 Å². The van der Waals surface area contributed by atoms with Crippen molar-refractivity contribution in [2.24, 2.45) is 10.2 Å². The van der Waals surface area contributed by atoms with Crippen molar-refractivity contribution in [2.45, 2.75) is 29.9 Å². The minimum absolute atomic E-state index is 0.0534. The van der Waals surface area contributed by atoms with E-state index in [1.54, 1.807) is 42.5 Å². The Kier molecular flexibility index (Phi) is 6.48. The van der Waals surface area contributed by atoms with Crippen LogP contribution in [0.25, 0.3) is 0 Å². The number of thioether (sulfide) groups is 1. The molecule has 1 aliphatic rings. The maximum Gasteiger partial charge on any atom is 0.339 e. The quantitative estimate of drug-likeness (QED) is 0.424. The van der Waals surface area contributed by atoms with E-state index >= 15 is 0 Å². The second kappa shape index (κ2) is 9.03. The van der Waals surface area contributed by atoms with Crippen molar-refractivity contribution in [1.82, 2.24) is 5.32 Å². The van der Waals surface area contributed by atoms with Crippen LogP contribution in [0.5, 0.6) is 5.75 Å². The highest BCUT2D eigenvalue weighted by Gasteiger charge is 2.29. The third-order valence-corrected chi connectivity index (χ3v) is 6.18. The van der Waals surface area contributed by atoms with Gasteiger partial charge < -0.3 is 9.50 Å². The molecule has 1 fully saturated rings. The fourth-order valence-electron chi connectivity index (χ4n) is 2.46. The molecule has 146 valence electrons. The van der Waals surface area contributed by atoms with Crippen LogP contribution in [0.15, 0.2) is 69.7 Å². The van der Waals surface area contributed by atoms with Gasteiger partial charge in [-0.05, 0) is 36.2 Å². The van der Waals surface area contributed by atoms with Crippen molar-refractivity contribution < 1.29 is 17.4 Å². The first-order chi connectivity index (χ1) is 13.5. The van der Waals surface area contributed by atoms with Gasteiger partial charge in [-0.3, -0.25) is 4.79 Å². The predicted molar refractivity (Wildman–Crippen MR) is 110 cm³/mol. The third kappa shape index (κ3) is 5.20. The lowest BCUT2D eigenvalue weighted by molar-refractivity contribution is -0.118. The molecule has 0 aliphatic carbocycles. The van der Waals surface area contributed by atoms with Gasteiger partial charge >= 0.3 is 10.1 Å². The van der Waals surface area contributed by atoms with E-state index in [2.05, 4.69) is 15.5 Å². The molecule has 1 amide bonds. The highest BCUT2D eigenvalue weighted by molar-refractivity contribution is 8.15. The van der Waals surface area contributed by atoms with Crippen molar-refractivity contribution >= 4 is 39.2 Å². The Bertz CT molecular complexity index is 1000. The summed E-state index contributed by atoms with van der Waals surface area (Å²) in [7, 11) is -3.90. The molecule has 3 rings (SSSR count). The molecule has 0 aromatic heterocycles. The first kappa shape index (κ1) is 20.1. The molecule has 0 radical (unpaired) electrons. The number of amidine groups is 1. The number of nitrogens with one attached hydrogen (secondary N) is 1. The van der Waals surface area contributed by atoms with Crippen molar-refractivity contribution in [2.75, 3.05) is 0 Å². The van der Waals surface area contributed by atoms with Crippen molar-refractivity contribution in [3.8, 4) is 5.75 Å². The largest absolute Gasteiger partial charge is 0.379 e. The topological polar surface area (TPSA) is 97.2 Å². The molecule has 28 heavy (non-hydrogen) atoms. The van der Waals surface area contributed by atoms with E-state index in [1.165, 1.54) is 30.1 Å². The van der Waals surface area contributed by atoms with E-state index in [4.69, 9.17) is 4.18 Å². The van der Waals surface area contributed by atoms with Crippen LogP contribution in [0, 0.1) is 0 Å². The zero-order valence-electron chi connectivity index (χ0n) is 15.1. The molecule has 9 heteroatoms. The summed E-state index contributed by atoms with van der Waals surface area (Å²) in [6.45, 7) is 2.02. The maximum absolute atomic E-state index is 12.3. The van der Waals surface area contributed by atoms with E-state index < -0.39 is 10.1 Å².